The first-order valence-electron chi connectivity index (χ1n) is 6.75. The molecule has 0 bridgehead atoms. The molecule has 0 aliphatic carbocycles. The van der Waals surface area contributed by atoms with E-state index in [9.17, 15) is 4.79 Å². The third-order valence-electron chi connectivity index (χ3n) is 3.45. The van der Waals surface area contributed by atoms with Crippen molar-refractivity contribution < 1.29 is 9.32 Å². The maximum Gasteiger partial charge on any atom is 0.257 e. The average molecular weight is 284 g/mol. The van der Waals surface area contributed by atoms with Crippen molar-refractivity contribution in [3.05, 3.63) is 47.9 Å². The van der Waals surface area contributed by atoms with Gasteiger partial charge in [0.2, 0.25) is 0 Å². The van der Waals surface area contributed by atoms with Gasteiger partial charge >= 0.3 is 0 Å². The lowest BCUT2D eigenvalue weighted by Crippen LogP contribution is -2.15. The SMILES string of the molecule is Cc1c(C(=O)Nc2cnoc2C(C)C)ccc2cncn12. The molecule has 3 aromatic rings. The monoisotopic (exact) mass is 284 g/mol. The third kappa shape index (κ3) is 2.29. The van der Waals surface area contributed by atoms with E-state index in [1.807, 2.05) is 31.2 Å². The lowest BCUT2D eigenvalue weighted by molar-refractivity contribution is 0.102. The predicted molar refractivity (Wildman–Crippen MR) is 78.5 cm³/mol. The number of carbonyl (C=O) groups excluding carboxylic acids is 1. The Labute approximate surface area is 121 Å². The highest BCUT2D eigenvalue weighted by Crippen LogP contribution is 2.24. The standard InChI is InChI=1S/C15H16N4O2/c1-9(2)14-13(7-17-21-14)18-15(20)12-5-4-11-6-16-8-19(11)10(12)3/h4-9H,1-3H3,(H,18,20). The van der Waals surface area contributed by atoms with E-state index in [0.29, 0.717) is 17.0 Å². The molecular weight excluding hydrogens is 268 g/mol. The summed E-state index contributed by atoms with van der Waals surface area (Å²) in [6.07, 6.45) is 4.98. The molecule has 0 radical (unpaired) electrons. The molecule has 0 aliphatic rings. The number of carbonyl (C=O) groups is 1. The number of aromatic nitrogens is 3. The van der Waals surface area contributed by atoms with Gasteiger partial charge < -0.3 is 14.2 Å². The van der Waals surface area contributed by atoms with Gasteiger partial charge in [0.05, 0.1) is 29.8 Å². The first kappa shape index (κ1) is 13.4. The van der Waals surface area contributed by atoms with Crippen LogP contribution in [0.4, 0.5) is 5.69 Å². The van der Waals surface area contributed by atoms with Gasteiger partial charge in [-0.05, 0) is 19.1 Å². The fourth-order valence-electron chi connectivity index (χ4n) is 2.32. The predicted octanol–water partition coefficient (Wildman–Crippen LogP) is 3.01. The highest BCUT2D eigenvalue weighted by molar-refractivity contribution is 6.05. The van der Waals surface area contributed by atoms with Gasteiger partial charge in [-0.15, -0.1) is 0 Å². The van der Waals surface area contributed by atoms with Crippen molar-refractivity contribution in [3.8, 4) is 0 Å². The number of fused-ring (bicyclic) bond motifs is 1. The Balaban J connectivity index is 1.93. The van der Waals surface area contributed by atoms with Crippen LogP contribution in [0.25, 0.3) is 5.52 Å². The van der Waals surface area contributed by atoms with Crippen LogP contribution in [-0.2, 0) is 0 Å². The molecule has 6 nitrogen and oxygen atoms in total. The molecule has 1 amide bonds. The first-order chi connectivity index (χ1) is 10.1. The molecule has 0 aliphatic heterocycles. The first-order valence-corrected chi connectivity index (χ1v) is 6.75. The summed E-state index contributed by atoms with van der Waals surface area (Å²) in [6, 6.07) is 3.66. The normalized spacial score (nSPS) is 11.2. The van der Waals surface area contributed by atoms with Crippen LogP contribution >= 0.6 is 0 Å². The van der Waals surface area contributed by atoms with E-state index >= 15 is 0 Å². The summed E-state index contributed by atoms with van der Waals surface area (Å²) in [6.45, 7) is 5.86. The number of aryl methyl sites for hydroxylation is 1. The summed E-state index contributed by atoms with van der Waals surface area (Å²) in [7, 11) is 0. The summed E-state index contributed by atoms with van der Waals surface area (Å²) < 4.78 is 7.05. The van der Waals surface area contributed by atoms with Crippen molar-refractivity contribution in [2.24, 2.45) is 0 Å². The number of hydrogen-bond donors (Lipinski definition) is 1. The van der Waals surface area contributed by atoms with Gasteiger partial charge in [-0.1, -0.05) is 19.0 Å². The van der Waals surface area contributed by atoms with Gasteiger partial charge in [-0.25, -0.2) is 4.98 Å². The molecule has 21 heavy (non-hydrogen) atoms. The molecule has 0 spiro atoms. The van der Waals surface area contributed by atoms with Crippen LogP contribution in [0.1, 0.15) is 41.6 Å². The van der Waals surface area contributed by atoms with Crippen LogP contribution < -0.4 is 5.32 Å². The molecule has 0 saturated heterocycles. The minimum Gasteiger partial charge on any atom is -0.359 e. The van der Waals surface area contributed by atoms with E-state index in [4.69, 9.17) is 4.52 Å². The molecule has 3 rings (SSSR count). The fraction of sp³-hybridized carbons (Fsp3) is 0.267. The average Bonchev–Trinajstić information content (AvgIpc) is 3.07. The summed E-state index contributed by atoms with van der Waals surface area (Å²) in [5, 5.41) is 6.61. The van der Waals surface area contributed by atoms with E-state index in [2.05, 4.69) is 15.5 Å². The summed E-state index contributed by atoms with van der Waals surface area (Å²) in [4.78, 5) is 16.5. The molecule has 3 aromatic heterocycles. The van der Waals surface area contributed by atoms with Crippen molar-refractivity contribution in [3.63, 3.8) is 0 Å². The highest BCUT2D eigenvalue weighted by Gasteiger charge is 2.17. The Morgan fingerprint density at radius 1 is 1.33 bits per heavy atom. The number of imidazole rings is 1. The van der Waals surface area contributed by atoms with Crippen molar-refractivity contribution in [2.75, 3.05) is 5.32 Å². The maximum absolute atomic E-state index is 12.5. The van der Waals surface area contributed by atoms with Gasteiger partial charge in [0.1, 0.15) is 5.69 Å². The molecule has 0 atom stereocenters. The fourth-order valence-corrected chi connectivity index (χ4v) is 2.32. The summed E-state index contributed by atoms with van der Waals surface area (Å²) in [5.74, 6) is 0.637. The van der Waals surface area contributed by atoms with E-state index in [0.717, 1.165) is 11.2 Å². The maximum atomic E-state index is 12.5. The van der Waals surface area contributed by atoms with Gasteiger partial charge in [-0.2, -0.15) is 0 Å². The number of nitrogens with one attached hydrogen (secondary N) is 1. The highest BCUT2D eigenvalue weighted by atomic mass is 16.5. The van der Waals surface area contributed by atoms with Crippen LogP contribution in [0, 0.1) is 6.92 Å². The second kappa shape index (κ2) is 5.05. The van der Waals surface area contributed by atoms with Crippen LogP contribution in [-0.4, -0.2) is 20.4 Å². The van der Waals surface area contributed by atoms with Crippen LogP contribution in [0.3, 0.4) is 0 Å². The van der Waals surface area contributed by atoms with E-state index < -0.39 is 0 Å². The Bertz CT molecular complexity index is 801. The van der Waals surface area contributed by atoms with Gasteiger partial charge in [0.25, 0.3) is 5.91 Å². The van der Waals surface area contributed by atoms with Crippen molar-refractivity contribution in [2.45, 2.75) is 26.7 Å². The smallest absolute Gasteiger partial charge is 0.257 e. The summed E-state index contributed by atoms with van der Waals surface area (Å²) >= 11 is 0. The lowest BCUT2D eigenvalue weighted by atomic mass is 10.1. The molecule has 0 aromatic carbocycles. The largest absolute Gasteiger partial charge is 0.359 e. The Morgan fingerprint density at radius 2 is 2.14 bits per heavy atom. The van der Waals surface area contributed by atoms with Gasteiger partial charge in [0.15, 0.2) is 5.76 Å². The zero-order valence-corrected chi connectivity index (χ0v) is 12.1. The van der Waals surface area contributed by atoms with Gasteiger partial charge in [0, 0.05) is 11.6 Å². The second-order valence-electron chi connectivity index (χ2n) is 5.23. The number of anilines is 1. The zero-order chi connectivity index (χ0) is 15.0. The quantitative estimate of drug-likeness (QED) is 0.802. The lowest BCUT2D eigenvalue weighted by Gasteiger charge is -2.09. The molecule has 3 heterocycles. The summed E-state index contributed by atoms with van der Waals surface area (Å²) in [5.41, 5.74) is 3.00. The number of amides is 1. The number of hydrogen-bond acceptors (Lipinski definition) is 4. The third-order valence-corrected chi connectivity index (χ3v) is 3.45. The van der Waals surface area contributed by atoms with Gasteiger partial charge in [-0.3, -0.25) is 4.79 Å². The number of rotatable bonds is 3. The van der Waals surface area contributed by atoms with Crippen molar-refractivity contribution in [1.29, 1.82) is 0 Å². The van der Waals surface area contributed by atoms with Crippen molar-refractivity contribution in [1.82, 2.24) is 14.5 Å². The van der Waals surface area contributed by atoms with Crippen LogP contribution in [0.2, 0.25) is 0 Å². The molecule has 108 valence electrons. The minimum absolute atomic E-state index is 0.153. The number of pyridine rings is 1. The minimum atomic E-state index is -0.187. The molecule has 1 N–H and O–H groups in total. The van der Waals surface area contributed by atoms with E-state index in [1.165, 1.54) is 6.20 Å². The molecule has 0 fully saturated rings. The number of nitrogens with zero attached hydrogens (tertiary/aromatic N) is 3. The van der Waals surface area contributed by atoms with E-state index in [1.54, 1.807) is 18.6 Å². The second-order valence-corrected chi connectivity index (χ2v) is 5.23. The molecule has 0 unspecified atom stereocenters. The Kier molecular flexibility index (Phi) is 3.21. The molecular formula is C15H16N4O2. The molecule has 0 saturated carbocycles. The zero-order valence-electron chi connectivity index (χ0n) is 12.1. The van der Waals surface area contributed by atoms with E-state index in [-0.39, 0.29) is 11.8 Å². The topological polar surface area (TPSA) is 72.4 Å². The Morgan fingerprint density at radius 3 is 2.90 bits per heavy atom. The molecule has 6 heteroatoms. The van der Waals surface area contributed by atoms with Crippen LogP contribution in [0.5, 0.6) is 0 Å². The Hall–Kier alpha value is -2.63. The van der Waals surface area contributed by atoms with Crippen LogP contribution in [0.15, 0.2) is 35.4 Å². The van der Waals surface area contributed by atoms with Crippen molar-refractivity contribution >= 4 is 17.1 Å².